The first kappa shape index (κ1) is 11.7. The summed E-state index contributed by atoms with van der Waals surface area (Å²) in [5.41, 5.74) is 1.11. The molecule has 1 aliphatic carbocycles. The van der Waals surface area contributed by atoms with Gasteiger partial charge in [-0.1, -0.05) is 24.6 Å². The molecule has 1 aromatic rings. The third kappa shape index (κ3) is 3.39. The second-order valence-corrected chi connectivity index (χ2v) is 4.73. The molecule has 0 spiro atoms. The fraction of sp³-hybridized carbons (Fsp3) is 0.538. The Morgan fingerprint density at radius 3 is 2.88 bits per heavy atom. The highest BCUT2D eigenvalue weighted by molar-refractivity contribution is 6.30. The van der Waals surface area contributed by atoms with Crippen molar-refractivity contribution in [3.05, 3.63) is 29.3 Å². The molecule has 3 heteroatoms. The van der Waals surface area contributed by atoms with Crippen LogP contribution in [0.1, 0.15) is 19.8 Å². The van der Waals surface area contributed by atoms with Crippen molar-refractivity contribution in [3.63, 3.8) is 0 Å². The number of hydrogen-bond acceptors (Lipinski definition) is 2. The van der Waals surface area contributed by atoms with Crippen molar-refractivity contribution < 1.29 is 0 Å². The normalized spacial score (nSPS) is 15.4. The zero-order chi connectivity index (χ0) is 11.4. The summed E-state index contributed by atoms with van der Waals surface area (Å²) < 4.78 is 0. The third-order valence-corrected chi connectivity index (χ3v) is 3.26. The van der Waals surface area contributed by atoms with Crippen molar-refractivity contribution in [1.82, 2.24) is 4.90 Å². The highest BCUT2D eigenvalue weighted by atomic mass is 35.5. The molecule has 0 atom stereocenters. The van der Waals surface area contributed by atoms with E-state index in [1.807, 2.05) is 18.2 Å². The van der Waals surface area contributed by atoms with Crippen LogP contribution in [0.25, 0.3) is 0 Å². The molecule has 2 nitrogen and oxygen atoms in total. The Hall–Kier alpha value is -0.730. The molecule has 0 radical (unpaired) electrons. The molecule has 0 bridgehead atoms. The van der Waals surface area contributed by atoms with Gasteiger partial charge in [-0.3, -0.25) is 4.90 Å². The van der Waals surface area contributed by atoms with Gasteiger partial charge in [0.15, 0.2) is 0 Å². The van der Waals surface area contributed by atoms with Crippen molar-refractivity contribution in [3.8, 4) is 0 Å². The zero-order valence-electron chi connectivity index (χ0n) is 9.75. The molecule has 1 fully saturated rings. The molecule has 1 aliphatic rings. The smallest absolute Gasteiger partial charge is 0.0426 e. The van der Waals surface area contributed by atoms with Crippen LogP contribution in [-0.2, 0) is 0 Å². The number of halogens is 1. The monoisotopic (exact) mass is 238 g/mol. The maximum Gasteiger partial charge on any atom is 0.0426 e. The van der Waals surface area contributed by atoms with E-state index in [-0.39, 0.29) is 0 Å². The number of hydrogen-bond donors (Lipinski definition) is 1. The van der Waals surface area contributed by atoms with Crippen molar-refractivity contribution in [2.45, 2.75) is 25.8 Å². The molecule has 1 N–H and O–H groups in total. The lowest BCUT2D eigenvalue weighted by molar-refractivity contribution is 0.289. The lowest BCUT2D eigenvalue weighted by Crippen LogP contribution is -2.30. The van der Waals surface area contributed by atoms with Gasteiger partial charge in [0.05, 0.1) is 0 Å². The Kier molecular flexibility index (Phi) is 4.08. The summed E-state index contributed by atoms with van der Waals surface area (Å²) in [6, 6.07) is 8.75. The highest BCUT2D eigenvalue weighted by Gasteiger charge is 2.26. The molecule has 0 heterocycles. The lowest BCUT2D eigenvalue weighted by atomic mass is 10.3. The molecule has 2 rings (SSSR count). The summed E-state index contributed by atoms with van der Waals surface area (Å²) in [5, 5.41) is 4.20. The number of anilines is 1. The van der Waals surface area contributed by atoms with E-state index < -0.39 is 0 Å². The van der Waals surface area contributed by atoms with Gasteiger partial charge in [-0.15, -0.1) is 0 Å². The van der Waals surface area contributed by atoms with Gasteiger partial charge < -0.3 is 5.32 Å². The van der Waals surface area contributed by atoms with Gasteiger partial charge in [-0.2, -0.15) is 0 Å². The van der Waals surface area contributed by atoms with E-state index in [1.54, 1.807) is 0 Å². The van der Waals surface area contributed by atoms with E-state index >= 15 is 0 Å². The lowest BCUT2D eigenvalue weighted by Gasteiger charge is -2.20. The average molecular weight is 239 g/mol. The van der Waals surface area contributed by atoms with Crippen LogP contribution in [-0.4, -0.2) is 30.6 Å². The molecule has 0 aromatic heterocycles. The standard InChI is InChI=1S/C13H19ClN2/c1-2-16(13-6-7-13)9-8-15-12-5-3-4-11(14)10-12/h3-5,10,13,15H,2,6-9H2,1H3. The summed E-state index contributed by atoms with van der Waals surface area (Å²) in [6.07, 6.45) is 2.76. The molecule has 0 saturated heterocycles. The van der Waals surface area contributed by atoms with Crippen LogP contribution in [0.5, 0.6) is 0 Å². The van der Waals surface area contributed by atoms with Crippen molar-refractivity contribution in [2.75, 3.05) is 25.0 Å². The average Bonchev–Trinajstić information content (AvgIpc) is 3.08. The molecule has 16 heavy (non-hydrogen) atoms. The van der Waals surface area contributed by atoms with Crippen LogP contribution >= 0.6 is 11.6 Å². The summed E-state index contributed by atoms with van der Waals surface area (Å²) in [4.78, 5) is 2.54. The first-order valence-corrected chi connectivity index (χ1v) is 6.41. The number of benzene rings is 1. The predicted molar refractivity (Wildman–Crippen MR) is 70.2 cm³/mol. The van der Waals surface area contributed by atoms with Crippen molar-refractivity contribution >= 4 is 17.3 Å². The van der Waals surface area contributed by atoms with E-state index in [0.29, 0.717) is 0 Å². The van der Waals surface area contributed by atoms with E-state index in [2.05, 4.69) is 23.2 Å². The van der Waals surface area contributed by atoms with Crippen LogP contribution in [0.4, 0.5) is 5.69 Å². The number of rotatable bonds is 6. The fourth-order valence-electron chi connectivity index (χ4n) is 1.98. The van der Waals surface area contributed by atoms with Gasteiger partial charge in [-0.25, -0.2) is 0 Å². The van der Waals surface area contributed by atoms with Crippen LogP contribution in [0.15, 0.2) is 24.3 Å². The number of likely N-dealkylation sites (N-methyl/N-ethyl adjacent to an activating group) is 1. The minimum atomic E-state index is 0.791. The summed E-state index contributed by atoms with van der Waals surface area (Å²) >= 11 is 5.92. The van der Waals surface area contributed by atoms with Gasteiger partial charge in [0, 0.05) is 29.8 Å². The fourth-order valence-corrected chi connectivity index (χ4v) is 2.17. The van der Waals surface area contributed by atoms with Crippen molar-refractivity contribution in [2.24, 2.45) is 0 Å². The molecule has 1 aromatic carbocycles. The Labute approximate surface area is 103 Å². The Bertz CT molecular complexity index is 336. The quantitative estimate of drug-likeness (QED) is 0.819. The Morgan fingerprint density at radius 1 is 1.44 bits per heavy atom. The zero-order valence-corrected chi connectivity index (χ0v) is 10.5. The number of nitrogens with one attached hydrogen (secondary N) is 1. The molecule has 1 saturated carbocycles. The maximum atomic E-state index is 5.92. The topological polar surface area (TPSA) is 15.3 Å². The SMILES string of the molecule is CCN(CCNc1cccc(Cl)c1)C1CC1. The minimum absolute atomic E-state index is 0.791. The summed E-state index contributed by atoms with van der Waals surface area (Å²) in [5.74, 6) is 0. The van der Waals surface area contributed by atoms with Crippen LogP contribution in [0.3, 0.4) is 0 Å². The molecule has 0 amide bonds. The first-order chi connectivity index (χ1) is 7.79. The molecular formula is C13H19ClN2. The van der Waals surface area contributed by atoms with Crippen molar-refractivity contribution in [1.29, 1.82) is 0 Å². The van der Waals surface area contributed by atoms with E-state index in [9.17, 15) is 0 Å². The van der Waals surface area contributed by atoms with Crippen LogP contribution in [0, 0.1) is 0 Å². The number of nitrogens with zero attached hydrogens (tertiary/aromatic N) is 1. The maximum absolute atomic E-state index is 5.92. The largest absolute Gasteiger partial charge is 0.384 e. The van der Waals surface area contributed by atoms with E-state index in [1.165, 1.54) is 12.8 Å². The van der Waals surface area contributed by atoms with E-state index in [4.69, 9.17) is 11.6 Å². The van der Waals surface area contributed by atoms with Gasteiger partial charge in [0.25, 0.3) is 0 Å². The van der Waals surface area contributed by atoms with E-state index in [0.717, 1.165) is 36.4 Å². The van der Waals surface area contributed by atoms with Gasteiger partial charge in [0.1, 0.15) is 0 Å². The van der Waals surface area contributed by atoms with Gasteiger partial charge in [0.2, 0.25) is 0 Å². The third-order valence-electron chi connectivity index (χ3n) is 3.02. The summed E-state index contributed by atoms with van der Waals surface area (Å²) in [6.45, 7) is 5.50. The minimum Gasteiger partial charge on any atom is -0.384 e. The second kappa shape index (κ2) is 5.55. The van der Waals surface area contributed by atoms with Gasteiger partial charge >= 0.3 is 0 Å². The molecule has 88 valence electrons. The summed E-state index contributed by atoms with van der Waals surface area (Å²) in [7, 11) is 0. The molecular weight excluding hydrogens is 220 g/mol. The molecule has 0 aliphatic heterocycles. The Balaban J connectivity index is 1.74. The van der Waals surface area contributed by atoms with Crippen LogP contribution < -0.4 is 5.32 Å². The van der Waals surface area contributed by atoms with Gasteiger partial charge in [-0.05, 0) is 37.6 Å². The molecule has 0 unspecified atom stereocenters. The first-order valence-electron chi connectivity index (χ1n) is 6.03. The second-order valence-electron chi connectivity index (χ2n) is 4.30. The predicted octanol–water partition coefficient (Wildman–Crippen LogP) is 3.24. The Morgan fingerprint density at radius 2 is 2.25 bits per heavy atom. The van der Waals surface area contributed by atoms with Crippen LogP contribution in [0.2, 0.25) is 5.02 Å². The highest BCUT2D eigenvalue weighted by Crippen LogP contribution is 2.26.